The molecule has 0 bridgehead atoms. The highest BCUT2D eigenvalue weighted by atomic mass is 35.5. The zero-order valence-electron chi connectivity index (χ0n) is 19.9. The predicted octanol–water partition coefficient (Wildman–Crippen LogP) is 5.82. The van der Waals surface area contributed by atoms with Gasteiger partial charge >= 0.3 is 0 Å². The van der Waals surface area contributed by atoms with Crippen LogP contribution in [0.2, 0.25) is 5.02 Å². The minimum atomic E-state index is -0.519. The fourth-order valence-corrected chi connectivity index (χ4v) is 4.57. The zero-order valence-corrected chi connectivity index (χ0v) is 20.6. The van der Waals surface area contributed by atoms with E-state index in [1.165, 1.54) is 6.26 Å². The van der Waals surface area contributed by atoms with E-state index in [4.69, 9.17) is 26.2 Å². The molecule has 2 aromatic heterocycles. The molecule has 0 aliphatic rings. The molecular weight excluding hydrogens is 464 g/mol. The van der Waals surface area contributed by atoms with Gasteiger partial charge in [0.2, 0.25) is 0 Å². The van der Waals surface area contributed by atoms with Crippen LogP contribution in [-0.4, -0.2) is 23.9 Å². The minimum Gasteiger partial charge on any atom is -0.459 e. The molecule has 1 unspecified atom stereocenters. The molecule has 0 radical (unpaired) electrons. The van der Waals surface area contributed by atoms with Crippen LogP contribution in [0.4, 0.5) is 0 Å². The average Bonchev–Trinajstić information content (AvgIpc) is 3.38. The van der Waals surface area contributed by atoms with Crippen LogP contribution in [0.1, 0.15) is 53.8 Å². The maximum Gasteiger partial charge on any atom is 0.290 e. The van der Waals surface area contributed by atoms with Crippen LogP contribution in [0.3, 0.4) is 0 Å². The van der Waals surface area contributed by atoms with E-state index in [2.05, 4.69) is 0 Å². The lowest BCUT2D eigenvalue weighted by Gasteiger charge is -2.34. The summed E-state index contributed by atoms with van der Waals surface area (Å²) >= 11 is 6.23. The lowest BCUT2D eigenvalue weighted by Crippen LogP contribution is -2.40. The second-order valence-corrected chi connectivity index (χ2v) is 9.32. The third-order valence-electron chi connectivity index (χ3n) is 6.04. The van der Waals surface area contributed by atoms with E-state index in [1.807, 2.05) is 44.2 Å². The Balaban J connectivity index is 1.94. The minimum absolute atomic E-state index is 0.0685. The van der Waals surface area contributed by atoms with Crippen LogP contribution in [0.5, 0.6) is 0 Å². The molecule has 35 heavy (non-hydrogen) atoms. The number of fused-ring (bicyclic) bond motifs is 1. The number of rotatable bonds is 9. The Hall–Kier alpha value is -3.35. The SMILES string of the molecule is CC(C)C(c1oc2cc(Cl)ccc2c(=O)c1Cc1ccccc1)N(CCCN)C(=O)c1ccco1. The number of carbonyl (C=O) groups is 1. The Morgan fingerprint density at radius 2 is 1.86 bits per heavy atom. The lowest BCUT2D eigenvalue weighted by atomic mass is 9.92. The topological polar surface area (TPSA) is 89.7 Å². The van der Waals surface area contributed by atoms with Crippen molar-refractivity contribution >= 4 is 28.5 Å². The highest BCUT2D eigenvalue weighted by molar-refractivity contribution is 6.31. The molecule has 0 spiro atoms. The first-order valence-corrected chi connectivity index (χ1v) is 12.1. The first-order chi connectivity index (χ1) is 16.9. The molecule has 1 atom stereocenters. The van der Waals surface area contributed by atoms with Gasteiger partial charge in [0.05, 0.1) is 17.7 Å². The monoisotopic (exact) mass is 492 g/mol. The van der Waals surface area contributed by atoms with Crippen LogP contribution in [0, 0.1) is 5.92 Å². The molecule has 0 fully saturated rings. The number of furan rings is 1. The Labute approximate surface area is 209 Å². The summed E-state index contributed by atoms with van der Waals surface area (Å²) in [4.78, 5) is 29.0. The van der Waals surface area contributed by atoms with E-state index in [1.54, 1.807) is 35.2 Å². The first kappa shape index (κ1) is 24.8. The number of nitrogens with zero attached hydrogens (tertiary/aromatic N) is 1. The first-order valence-electron chi connectivity index (χ1n) is 11.7. The molecule has 182 valence electrons. The summed E-state index contributed by atoms with van der Waals surface area (Å²) in [6.45, 7) is 4.82. The molecule has 1 amide bonds. The largest absolute Gasteiger partial charge is 0.459 e. The van der Waals surface area contributed by atoms with Crippen LogP contribution in [0.25, 0.3) is 11.0 Å². The van der Waals surface area contributed by atoms with E-state index in [9.17, 15) is 9.59 Å². The molecule has 0 aliphatic heterocycles. The maximum absolute atomic E-state index is 13.8. The number of nitrogens with two attached hydrogens (primary N) is 1. The van der Waals surface area contributed by atoms with Gasteiger partial charge in [-0.3, -0.25) is 9.59 Å². The Bertz CT molecular complexity index is 1350. The summed E-state index contributed by atoms with van der Waals surface area (Å²) in [6.07, 6.45) is 2.44. The van der Waals surface area contributed by atoms with Crippen LogP contribution in [0.15, 0.2) is 80.6 Å². The molecule has 2 aromatic carbocycles. The Morgan fingerprint density at radius 1 is 1.09 bits per heavy atom. The molecule has 7 heteroatoms. The van der Waals surface area contributed by atoms with E-state index < -0.39 is 6.04 Å². The van der Waals surface area contributed by atoms with Crippen LogP contribution >= 0.6 is 11.6 Å². The van der Waals surface area contributed by atoms with Crippen molar-refractivity contribution in [3.05, 3.63) is 105 Å². The molecule has 4 rings (SSSR count). The number of benzene rings is 2. The molecule has 6 nitrogen and oxygen atoms in total. The van der Waals surface area contributed by atoms with E-state index in [0.717, 1.165) is 5.56 Å². The second-order valence-electron chi connectivity index (χ2n) is 8.88. The van der Waals surface area contributed by atoms with Gasteiger partial charge < -0.3 is 19.5 Å². The van der Waals surface area contributed by atoms with Gasteiger partial charge in [0.1, 0.15) is 11.3 Å². The maximum atomic E-state index is 13.8. The number of carbonyl (C=O) groups excluding carboxylic acids is 1. The van der Waals surface area contributed by atoms with Crippen molar-refractivity contribution in [3.8, 4) is 0 Å². The number of halogens is 1. The lowest BCUT2D eigenvalue weighted by molar-refractivity contribution is 0.0555. The van der Waals surface area contributed by atoms with Crippen molar-refractivity contribution in [1.82, 2.24) is 4.90 Å². The molecule has 2 heterocycles. The summed E-state index contributed by atoms with van der Waals surface area (Å²) in [5, 5.41) is 0.924. The summed E-state index contributed by atoms with van der Waals surface area (Å²) in [5.74, 6) is 0.339. The fraction of sp³-hybridized carbons (Fsp3) is 0.286. The van der Waals surface area contributed by atoms with Gasteiger partial charge in [0.15, 0.2) is 11.2 Å². The highest BCUT2D eigenvalue weighted by Crippen LogP contribution is 2.35. The summed E-state index contributed by atoms with van der Waals surface area (Å²) in [7, 11) is 0. The van der Waals surface area contributed by atoms with Crippen LogP contribution in [-0.2, 0) is 6.42 Å². The molecule has 2 N–H and O–H groups in total. The predicted molar refractivity (Wildman–Crippen MR) is 138 cm³/mol. The Kier molecular flexibility index (Phi) is 7.73. The van der Waals surface area contributed by atoms with Gasteiger partial charge in [-0.2, -0.15) is 0 Å². The fourth-order valence-electron chi connectivity index (χ4n) is 4.40. The standard InChI is InChI=1S/C28H29ClN2O4/c1-18(2)25(31(14-7-13-30)28(33)23-10-6-15-34-23)27-22(16-19-8-4-3-5-9-19)26(32)21-12-11-20(29)17-24(21)35-27/h3-6,8-12,15,17-18,25H,7,13-14,16,30H2,1-2H3. The van der Waals surface area contributed by atoms with E-state index >= 15 is 0 Å². The smallest absolute Gasteiger partial charge is 0.290 e. The quantitative estimate of drug-likeness (QED) is 0.318. The van der Waals surface area contributed by atoms with Gasteiger partial charge in [-0.1, -0.05) is 55.8 Å². The number of hydrogen-bond acceptors (Lipinski definition) is 5. The summed E-state index contributed by atoms with van der Waals surface area (Å²) < 4.78 is 11.9. The van der Waals surface area contributed by atoms with Gasteiger partial charge in [-0.25, -0.2) is 0 Å². The van der Waals surface area contributed by atoms with Gasteiger partial charge in [0.25, 0.3) is 5.91 Å². The summed E-state index contributed by atoms with van der Waals surface area (Å²) in [5.41, 5.74) is 7.57. The Morgan fingerprint density at radius 3 is 2.51 bits per heavy atom. The van der Waals surface area contributed by atoms with Crippen molar-refractivity contribution in [3.63, 3.8) is 0 Å². The van der Waals surface area contributed by atoms with Gasteiger partial charge in [-0.05, 0) is 48.7 Å². The molecule has 0 saturated carbocycles. The zero-order chi connectivity index (χ0) is 24.9. The molecule has 0 aliphatic carbocycles. The average molecular weight is 493 g/mol. The second kappa shape index (κ2) is 10.9. The van der Waals surface area contributed by atoms with Crippen molar-refractivity contribution < 1.29 is 13.6 Å². The molecular formula is C28H29ClN2O4. The summed E-state index contributed by atoms with van der Waals surface area (Å²) in [6, 6.07) is 17.6. The molecule has 0 saturated heterocycles. The van der Waals surface area contributed by atoms with E-state index in [0.29, 0.717) is 53.2 Å². The van der Waals surface area contributed by atoms with E-state index in [-0.39, 0.29) is 23.0 Å². The van der Waals surface area contributed by atoms with Crippen molar-refractivity contribution in [1.29, 1.82) is 0 Å². The number of hydrogen-bond donors (Lipinski definition) is 1. The highest BCUT2D eigenvalue weighted by Gasteiger charge is 2.34. The third-order valence-corrected chi connectivity index (χ3v) is 6.27. The number of amides is 1. The van der Waals surface area contributed by atoms with Crippen LogP contribution < -0.4 is 11.2 Å². The third kappa shape index (κ3) is 5.34. The van der Waals surface area contributed by atoms with Crippen molar-refractivity contribution in [2.24, 2.45) is 11.7 Å². The molecule has 4 aromatic rings. The normalized spacial score (nSPS) is 12.3. The van der Waals surface area contributed by atoms with Crippen molar-refractivity contribution in [2.45, 2.75) is 32.7 Å². The van der Waals surface area contributed by atoms with Crippen molar-refractivity contribution in [2.75, 3.05) is 13.1 Å². The van der Waals surface area contributed by atoms with Gasteiger partial charge in [0, 0.05) is 29.6 Å². The van der Waals surface area contributed by atoms with Gasteiger partial charge in [-0.15, -0.1) is 0 Å².